The number of esters is 1. The maximum Gasteiger partial charge on any atom is 0.326 e. The van der Waals surface area contributed by atoms with Gasteiger partial charge in [-0.3, -0.25) is 9.59 Å². The molecule has 0 spiro atoms. The molecule has 0 atom stereocenters. The number of benzene rings is 2. The van der Waals surface area contributed by atoms with Gasteiger partial charge < -0.3 is 9.30 Å². The summed E-state index contributed by atoms with van der Waals surface area (Å²) in [5, 5.41) is 0.467. The van der Waals surface area contributed by atoms with E-state index in [0.29, 0.717) is 20.8 Å². The lowest BCUT2D eigenvalue weighted by Crippen LogP contribution is -2.23. The number of rotatable bonds is 6. The summed E-state index contributed by atoms with van der Waals surface area (Å²) in [6.07, 6.45) is 1.12. The van der Waals surface area contributed by atoms with Crippen molar-refractivity contribution < 1.29 is 22.7 Å². The molecular weight excluding hydrogens is 448 g/mol. The minimum atomic E-state index is -3.40. The average molecular weight is 467 g/mol. The van der Waals surface area contributed by atoms with Crippen molar-refractivity contribution in [1.29, 1.82) is 0 Å². The molecule has 158 valence electrons. The summed E-state index contributed by atoms with van der Waals surface area (Å²) in [5.41, 5.74) is 1.23. The molecule has 10 heteroatoms. The molecule has 0 unspecified atom stereocenters. The molecule has 1 aromatic heterocycles. The highest BCUT2D eigenvalue weighted by atomic mass is 35.5. The van der Waals surface area contributed by atoms with Gasteiger partial charge in [0.2, 0.25) is 0 Å². The molecule has 0 radical (unpaired) electrons. The Hall–Kier alpha value is -2.49. The van der Waals surface area contributed by atoms with Gasteiger partial charge in [0.25, 0.3) is 5.91 Å². The molecule has 0 aliphatic carbocycles. The highest BCUT2D eigenvalue weighted by Gasteiger charge is 2.15. The SMILES string of the molecule is CCOC(=O)Cn1c(=NC(=O)Cc2ccccc2Cl)sc2cc(S(C)(=O)=O)ccc21. The summed E-state index contributed by atoms with van der Waals surface area (Å²) in [4.78, 5) is 29.2. The largest absolute Gasteiger partial charge is 0.465 e. The lowest BCUT2D eigenvalue weighted by molar-refractivity contribution is -0.143. The number of nitrogens with zero attached hydrogens (tertiary/aromatic N) is 2. The standard InChI is InChI=1S/C20H19ClN2O5S2/c1-3-28-19(25)12-23-16-9-8-14(30(2,26)27)11-17(16)29-20(23)22-18(24)10-13-6-4-5-7-15(13)21/h4-9,11H,3,10,12H2,1-2H3. The fourth-order valence-electron chi connectivity index (χ4n) is 2.81. The number of hydrogen-bond donors (Lipinski definition) is 0. The Morgan fingerprint density at radius 3 is 2.60 bits per heavy atom. The number of halogens is 1. The van der Waals surface area contributed by atoms with Crippen LogP contribution in [0.2, 0.25) is 5.02 Å². The number of fused-ring (bicyclic) bond motifs is 1. The maximum atomic E-state index is 12.6. The van der Waals surface area contributed by atoms with Crippen molar-refractivity contribution in [1.82, 2.24) is 4.57 Å². The Morgan fingerprint density at radius 1 is 1.20 bits per heavy atom. The number of hydrogen-bond acceptors (Lipinski definition) is 6. The third kappa shape index (κ3) is 5.16. The van der Waals surface area contributed by atoms with E-state index < -0.39 is 21.7 Å². The van der Waals surface area contributed by atoms with Crippen LogP contribution in [0.1, 0.15) is 12.5 Å². The van der Waals surface area contributed by atoms with Crippen molar-refractivity contribution in [3.63, 3.8) is 0 Å². The Bertz CT molecular complexity index is 1290. The monoisotopic (exact) mass is 466 g/mol. The van der Waals surface area contributed by atoms with Gasteiger partial charge in [0.1, 0.15) is 6.54 Å². The Morgan fingerprint density at radius 2 is 1.93 bits per heavy atom. The fourth-order valence-corrected chi connectivity index (χ4v) is 4.82. The van der Waals surface area contributed by atoms with Gasteiger partial charge >= 0.3 is 5.97 Å². The van der Waals surface area contributed by atoms with Gasteiger partial charge in [-0.05, 0) is 36.8 Å². The van der Waals surface area contributed by atoms with Gasteiger partial charge in [-0.2, -0.15) is 4.99 Å². The Kier molecular flexibility index (Phi) is 6.74. The second-order valence-corrected chi connectivity index (χ2v) is 9.88. The Balaban J connectivity index is 2.08. The van der Waals surface area contributed by atoms with Gasteiger partial charge in [0.05, 0.1) is 28.1 Å². The number of sulfone groups is 1. The van der Waals surface area contributed by atoms with E-state index in [9.17, 15) is 18.0 Å². The number of amides is 1. The summed E-state index contributed by atoms with van der Waals surface area (Å²) in [6, 6.07) is 11.5. The van der Waals surface area contributed by atoms with E-state index in [1.807, 2.05) is 0 Å². The molecule has 7 nitrogen and oxygen atoms in total. The van der Waals surface area contributed by atoms with E-state index in [-0.39, 0.29) is 29.3 Å². The van der Waals surface area contributed by atoms with Crippen LogP contribution in [0.5, 0.6) is 0 Å². The molecular formula is C20H19ClN2O5S2. The lowest BCUT2D eigenvalue weighted by Gasteiger charge is -2.06. The van der Waals surface area contributed by atoms with E-state index in [0.717, 1.165) is 17.6 Å². The van der Waals surface area contributed by atoms with Gasteiger partial charge in [0, 0.05) is 11.3 Å². The van der Waals surface area contributed by atoms with Gasteiger partial charge in [-0.15, -0.1) is 0 Å². The predicted octanol–water partition coefficient (Wildman–Crippen LogP) is 2.99. The minimum Gasteiger partial charge on any atom is -0.465 e. The summed E-state index contributed by atoms with van der Waals surface area (Å²) < 4.78 is 30.9. The van der Waals surface area contributed by atoms with Crippen molar-refractivity contribution in [2.75, 3.05) is 12.9 Å². The van der Waals surface area contributed by atoms with Crippen LogP contribution < -0.4 is 4.80 Å². The predicted molar refractivity (Wildman–Crippen MR) is 115 cm³/mol. The molecule has 30 heavy (non-hydrogen) atoms. The minimum absolute atomic E-state index is 0.00190. The summed E-state index contributed by atoms with van der Waals surface area (Å²) in [6.45, 7) is 1.77. The molecule has 0 N–H and O–H groups in total. The maximum absolute atomic E-state index is 12.6. The number of aromatic nitrogens is 1. The zero-order valence-electron chi connectivity index (χ0n) is 16.3. The summed E-state index contributed by atoms with van der Waals surface area (Å²) >= 11 is 7.24. The highest BCUT2D eigenvalue weighted by Crippen LogP contribution is 2.22. The van der Waals surface area contributed by atoms with Crippen molar-refractivity contribution in [3.05, 3.63) is 57.9 Å². The van der Waals surface area contributed by atoms with Crippen LogP contribution in [0.4, 0.5) is 0 Å². The van der Waals surface area contributed by atoms with Crippen LogP contribution in [0.25, 0.3) is 10.2 Å². The molecule has 2 aromatic carbocycles. The van der Waals surface area contributed by atoms with E-state index in [2.05, 4.69) is 4.99 Å². The summed E-state index contributed by atoms with van der Waals surface area (Å²) in [5.74, 6) is -0.917. The third-order valence-corrected chi connectivity index (χ3v) is 6.71. The van der Waals surface area contributed by atoms with Crippen LogP contribution >= 0.6 is 22.9 Å². The van der Waals surface area contributed by atoms with Crippen LogP contribution in [0.15, 0.2) is 52.4 Å². The first kappa shape index (κ1) is 22.2. The number of carbonyl (C=O) groups is 2. The first-order valence-corrected chi connectivity index (χ1v) is 12.1. The van der Waals surface area contributed by atoms with Crippen molar-refractivity contribution in [2.24, 2.45) is 4.99 Å². The molecule has 1 heterocycles. The zero-order chi connectivity index (χ0) is 21.9. The molecule has 3 rings (SSSR count). The summed E-state index contributed by atoms with van der Waals surface area (Å²) in [7, 11) is -3.40. The van der Waals surface area contributed by atoms with Gasteiger partial charge in [-0.25, -0.2) is 8.42 Å². The van der Waals surface area contributed by atoms with Gasteiger partial charge in [-0.1, -0.05) is 41.1 Å². The lowest BCUT2D eigenvalue weighted by atomic mass is 10.1. The van der Waals surface area contributed by atoms with Crippen molar-refractivity contribution >= 4 is 54.9 Å². The van der Waals surface area contributed by atoms with Crippen LogP contribution in [-0.4, -0.2) is 37.7 Å². The second-order valence-electron chi connectivity index (χ2n) is 6.45. The highest BCUT2D eigenvalue weighted by molar-refractivity contribution is 7.90. The van der Waals surface area contributed by atoms with E-state index in [1.165, 1.54) is 12.1 Å². The number of thiazole rings is 1. The molecule has 1 amide bonds. The molecule has 0 saturated heterocycles. The molecule has 0 aliphatic heterocycles. The van der Waals surface area contributed by atoms with E-state index in [1.54, 1.807) is 41.8 Å². The Labute approximate surface area is 182 Å². The molecule has 3 aromatic rings. The van der Waals surface area contributed by atoms with Gasteiger partial charge in [0.15, 0.2) is 14.6 Å². The molecule has 0 fully saturated rings. The molecule has 0 saturated carbocycles. The molecule has 0 aliphatic rings. The molecule has 0 bridgehead atoms. The van der Waals surface area contributed by atoms with E-state index in [4.69, 9.17) is 16.3 Å². The smallest absolute Gasteiger partial charge is 0.326 e. The first-order chi connectivity index (χ1) is 14.2. The van der Waals surface area contributed by atoms with Crippen molar-refractivity contribution in [3.8, 4) is 0 Å². The van der Waals surface area contributed by atoms with Crippen molar-refractivity contribution in [2.45, 2.75) is 24.8 Å². The van der Waals surface area contributed by atoms with Crippen LogP contribution in [-0.2, 0) is 37.1 Å². The first-order valence-electron chi connectivity index (χ1n) is 8.99. The number of ether oxygens (including phenoxy) is 1. The quantitative estimate of drug-likeness (QED) is 0.520. The third-order valence-electron chi connectivity index (χ3n) is 4.19. The normalized spacial score (nSPS) is 12.3. The average Bonchev–Trinajstić information content (AvgIpc) is 2.99. The van der Waals surface area contributed by atoms with E-state index >= 15 is 0 Å². The van der Waals surface area contributed by atoms with Crippen LogP contribution in [0, 0.1) is 0 Å². The fraction of sp³-hybridized carbons (Fsp3) is 0.250. The second kappa shape index (κ2) is 9.11. The van der Waals surface area contributed by atoms with Crippen LogP contribution in [0.3, 0.4) is 0 Å². The number of carbonyl (C=O) groups excluding carboxylic acids is 2. The zero-order valence-corrected chi connectivity index (χ0v) is 18.7. The topological polar surface area (TPSA) is 94.8 Å².